The molecule has 0 aromatic heterocycles. The second-order valence-electron chi connectivity index (χ2n) is 7.92. The van der Waals surface area contributed by atoms with Gasteiger partial charge >= 0.3 is 0 Å². The lowest BCUT2D eigenvalue weighted by Gasteiger charge is -2.48. The van der Waals surface area contributed by atoms with Crippen LogP contribution in [0.3, 0.4) is 0 Å². The van der Waals surface area contributed by atoms with E-state index in [1.165, 1.54) is 71.0 Å². The molecule has 124 valence electrons. The van der Waals surface area contributed by atoms with Gasteiger partial charge in [0.05, 0.1) is 0 Å². The average Bonchev–Trinajstić information content (AvgIpc) is 2.53. The molecule has 2 rings (SSSR count). The van der Waals surface area contributed by atoms with Crippen LogP contribution in [0.1, 0.15) is 79.1 Å². The van der Waals surface area contributed by atoms with Gasteiger partial charge in [0.15, 0.2) is 0 Å². The Labute approximate surface area is 133 Å². The topological polar surface area (TPSA) is 15.3 Å². The Morgan fingerprint density at radius 1 is 1.10 bits per heavy atom. The molecule has 3 unspecified atom stereocenters. The van der Waals surface area contributed by atoms with Crippen LogP contribution in [0.15, 0.2) is 0 Å². The van der Waals surface area contributed by atoms with Gasteiger partial charge in [0.2, 0.25) is 0 Å². The molecular weight excluding hydrogens is 256 g/mol. The summed E-state index contributed by atoms with van der Waals surface area (Å²) in [5, 5.41) is 3.86. The lowest BCUT2D eigenvalue weighted by atomic mass is 9.75. The van der Waals surface area contributed by atoms with E-state index in [1.807, 2.05) is 0 Å². The van der Waals surface area contributed by atoms with Gasteiger partial charge in [-0.3, -0.25) is 4.90 Å². The standard InChI is InChI=1S/C19H38N2/c1-5-12-20-17-9-8-16(6-2)15-18(17)21-13-10-19(4,7-3)11-14-21/h16-18,20H,5-15H2,1-4H3. The Hall–Kier alpha value is -0.0800. The van der Waals surface area contributed by atoms with Crippen molar-refractivity contribution in [3.05, 3.63) is 0 Å². The minimum absolute atomic E-state index is 0.613. The summed E-state index contributed by atoms with van der Waals surface area (Å²) in [6, 6.07) is 1.55. The third-order valence-corrected chi connectivity index (χ3v) is 6.49. The molecular formula is C19H38N2. The van der Waals surface area contributed by atoms with E-state index in [1.54, 1.807) is 0 Å². The first-order valence-corrected chi connectivity index (χ1v) is 9.59. The molecule has 1 heterocycles. The number of likely N-dealkylation sites (tertiary alicyclic amines) is 1. The van der Waals surface area contributed by atoms with Crippen LogP contribution in [-0.2, 0) is 0 Å². The van der Waals surface area contributed by atoms with E-state index in [0.29, 0.717) is 5.41 Å². The van der Waals surface area contributed by atoms with Gasteiger partial charge in [-0.25, -0.2) is 0 Å². The SMILES string of the molecule is CCCNC1CCC(CC)CC1N1CCC(C)(CC)CC1. The molecule has 0 amide bonds. The van der Waals surface area contributed by atoms with Crippen LogP contribution >= 0.6 is 0 Å². The summed E-state index contributed by atoms with van der Waals surface area (Å²) in [6.45, 7) is 13.4. The van der Waals surface area contributed by atoms with Gasteiger partial charge in [0.1, 0.15) is 0 Å². The summed E-state index contributed by atoms with van der Waals surface area (Å²) in [5.74, 6) is 0.967. The quantitative estimate of drug-likeness (QED) is 0.779. The van der Waals surface area contributed by atoms with Gasteiger partial charge in [-0.15, -0.1) is 0 Å². The number of nitrogens with one attached hydrogen (secondary N) is 1. The van der Waals surface area contributed by atoms with Crippen molar-refractivity contribution in [2.75, 3.05) is 19.6 Å². The zero-order chi connectivity index (χ0) is 15.3. The van der Waals surface area contributed by atoms with Crippen molar-refractivity contribution < 1.29 is 0 Å². The molecule has 1 saturated heterocycles. The number of hydrogen-bond acceptors (Lipinski definition) is 2. The van der Waals surface area contributed by atoms with E-state index in [9.17, 15) is 0 Å². The van der Waals surface area contributed by atoms with E-state index in [2.05, 4.69) is 37.9 Å². The van der Waals surface area contributed by atoms with Crippen LogP contribution in [0.4, 0.5) is 0 Å². The number of rotatable bonds is 6. The Balaban J connectivity index is 1.95. The molecule has 1 aliphatic heterocycles. The Morgan fingerprint density at radius 2 is 1.81 bits per heavy atom. The molecule has 2 heteroatoms. The highest BCUT2D eigenvalue weighted by Crippen LogP contribution is 2.37. The molecule has 2 nitrogen and oxygen atoms in total. The van der Waals surface area contributed by atoms with Crippen LogP contribution in [0, 0.1) is 11.3 Å². The number of nitrogens with zero attached hydrogens (tertiary/aromatic N) is 1. The summed E-state index contributed by atoms with van der Waals surface area (Å²) < 4.78 is 0. The van der Waals surface area contributed by atoms with Crippen LogP contribution < -0.4 is 5.32 Å². The predicted molar refractivity (Wildman–Crippen MR) is 92.7 cm³/mol. The zero-order valence-corrected chi connectivity index (χ0v) is 15.0. The number of piperidine rings is 1. The average molecular weight is 295 g/mol. The van der Waals surface area contributed by atoms with Crippen LogP contribution in [-0.4, -0.2) is 36.6 Å². The zero-order valence-electron chi connectivity index (χ0n) is 15.0. The van der Waals surface area contributed by atoms with E-state index in [-0.39, 0.29) is 0 Å². The van der Waals surface area contributed by atoms with E-state index < -0.39 is 0 Å². The van der Waals surface area contributed by atoms with E-state index in [0.717, 1.165) is 18.0 Å². The molecule has 2 aliphatic rings. The second kappa shape index (κ2) is 7.97. The summed E-state index contributed by atoms with van der Waals surface area (Å²) in [6.07, 6.45) is 11.0. The molecule has 0 bridgehead atoms. The fourth-order valence-electron chi connectivity index (χ4n) is 4.32. The van der Waals surface area contributed by atoms with Crippen molar-refractivity contribution in [3.8, 4) is 0 Å². The van der Waals surface area contributed by atoms with Crippen molar-refractivity contribution >= 4 is 0 Å². The molecule has 0 spiro atoms. The molecule has 0 radical (unpaired) electrons. The first kappa shape index (κ1) is 17.3. The summed E-state index contributed by atoms with van der Waals surface area (Å²) >= 11 is 0. The van der Waals surface area contributed by atoms with Crippen LogP contribution in [0.2, 0.25) is 0 Å². The van der Waals surface area contributed by atoms with Crippen LogP contribution in [0.25, 0.3) is 0 Å². The Morgan fingerprint density at radius 3 is 2.38 bits per heavy atom. The lowest BCUT2D eigenvalue weighted by Crippen LogP contribution is -2.56. The third-order valence-electron chi connectivity index (χ3n) is 6.49. The van der Waals surface area contributed by atoms with Gasteiger partial charge in [-0.05, 0) is 69.5 Å². The minimum Gasteiger partial charge on any atom is -0.312 e. The molecule has 1 saturated carbocycles. The normalized spacial score (nSPS) is 34.0. The van der Waals surface area contributed by atoms with Crippen molar-refractivity contribution in [2.24, 2.45) is 11.3 Å². The molecule has 0 aromatic rings. The van der Waals surface area contributed by atoms with Gasteiger partial charge in [-0.1, -0.05) is 40.5 Å². The summed E-state index contributed by atoms with van der Waals surface area (Å²) in [5.41, 5.74) is 0.613. The maximum atomic E-state index is 3.86. The highest BCUT2D eigenvalue weighted by Gasteiger charge is 2.37. The molecule has 21 heavy (non-hydrogen) atoms. The van der Waals surface area contributed by atoms with Crippen molar-refractivity contribution in [1.29, 1.82) is 0 Å². The van der Waals surface area contributed by atoms with Gasteiger partial charge in [0.25, 0.3) is 0 Å². The van der Waals surface area contributed by atoms with Crippen LogP contribution in [0.5, 0.6) is 0 Å². The largest absolute Gasteiger partial charge is 0.312 e. The smallest absolute Gasteiger partial charge is 0.0251 e. The molecule has 3 atom stereocenters. The maximum Gasteiger partial charge on any atom is 0.0251 e. The number of hydrogen-bond donors (Lipinski definition) is 1. The molecule has 0 aromatic carbocycles. The minimum atomic E-state index is 0.613. The maximum absolute atomic E-state index is 3.86. The van der Waals surface area contributed by atoms with Crippen molar-refractivity contribution in [3.63, 3.8) is 0 Å². The lowest BCUT2D eigenvalue weighted by molar-refractivity contribution is 0.0369. The first-order chi connectivity index (χ1) is 10.1. The van der Waals surface area contributed by atoms with Crippen molar-refractivity contribution in [2.45, 2.75) is 91.1 Å². The first-order valence-electron chi connectivity index (χ1n) is 9.59. The molecule has 1 N–H and O–H groups in total. The van der Waals surface area contributed by atoms with Gasteiger partial charge in [0, 0.05) is 12.1 Å². The molecule has 1 aliphatic carbocycles. The van der Waals surface area contributed by atoms with Gasteiger partial charge in [-0.2, -0.15) is 0 Å². The van der Waals surface area contributed by atoms with E-state index in [4.69, 9.17) is 0 Å². The summed E-state index contributed by atoms with van der Waals surface area (Å²) in [7, 11) is 0. The summed E-state index contributed by atoms with van der Waals surface area (Å²) in [4.78, 5) is 2.84. The fourth-order valence-corrected chi connectivity index (χ4v) is 4.32. The second-order valence-corrected chi connectivity index (χ2v) is 7.92. The van der Waals surface area contributed by atoms with Gasteiger partial charge < -0.3 is 5.32 Å². The predicted octanol–water partition coefficient (Wildman–Crippen LogP) is 4.45. The van der Waals surface area contributed by atoms with Crippen molar-refractivity contribution in [1.82, 2.24) is 10.2 Å². The van der Waals surface area contributed by atoms with E-state index >= 15 is 0 Å². The monoisotopic (exact) mass is 294 g/mol. The Kier molecular flexibility index (Phi) is 6.55. The fraction of sp³-hybridized carbons (Fsp3) is 1.00. The molecule has 2 fully saturated rings. The highest BCUT2D eigenvalue weighted by molar-refractivity contribution is 4.94. The highest BCUT2D eigenvalue weighted by atomic mass is 15.2. The third kappa shape index (κ3) is 4.45. The Bertz CT molecular complexity index is 294.